The van der Waals surface area contributed by atoms with Crippen molar-refractivity contribution < 1.29 is 14.3 Å². The van der Waals surface area contributed by atoms with E-state index in [2.05, 4.69) is 33.6 Å². The molecule has 3 aromatic rings. The second-order valence-corrected chi connectivity index (χ2v) is 11.6. The van der Waals surface area contributed by atoms with Gasteiger partial charge >= 0.3 is 0 Å². The Hall–Kier alpha value is -3.30. The number of carbonyl (C=O) groups excluding carboxylic acids is 1. The Kier molecular flexibility index (Phi) is 8.11. The Morgan fingerprint density at radius 1 is 1.15 bits per heavy atom. The number of ether oxygens (including phenoxy) is 2. The van der Waals surface area contributed by atoms with E-state index in [1.807, 2.05) is 41.9 Å². The Morgan fingerprint density at radius 2 is 2.00 bits per heavy atom. The number of anilines is 2. The van der Waals surface area contributed by atoms with Crippen molar-refractivity contribution in [2.45, 2.75) is 83.0 Å². The second-order valence-electron chi connectivity index (χ2n) is 11.6. The van der Waals surface area contributed by atoms with Crippen LogP contribution in [0.1, 0.15) is 75.5 Å². The zero-order chi connectivity index (χ0) is 27.5. The number of benzene rings is 1. The summed E-state index contributed by atoms with van der Waals surface area (Å²) in [5.74, 6) is 1.06. The number of amides is 1. The van der Waals surface area contributed by atoms with Gasteiger partial charge in [-0.15, -0.1) is 0 Å². The molecule has 0 saturated carbocycles. The topological polar surface area (TPSA) is 94.4 Å². The molecule has 1 aliphatic carbocycles. The molecule has 0 bridgehead atoms. The van der Waals surface area contributed by atoms with Crippen LogP contribution in [0, 0.1) is 0 Å². The summed E-state index contributed by atoms with van der Waals surface area (Å²) >= 11 is 0. The zero-order valence-corrected chi connectivity index (χ0v) is 23.6. The van der Waals surface area contributed by atoms with E-state index >= 15 is 0 Å². The van der Waals surface area contributed by atoms with E-state index in [-0.39, 0.29) is 24.0 Å². The van der Waals surface area contributed by atoms with Gasteiger partial charge in [-0.3, -0.25) is 9.48 Å². The van der Waals surface area contributed by atoms with Crippen LogP contribution in [0.5, 0.6) is 0 Å². The fourth-order valence-corrected chi connectivity index (χ4v) is 6.17. The zero-order valence-electron chi connectivity index (χ0n) is 23.6. The molecule has 1 atom stereocenters. The van der Waals surface area contributed by atoms with Crippen LogP contribution in [-0.4, -0.2) is 69.1 Å². The third-order valence-corrected chi connectivity index (χ3v) is 8.29. The normalized spacial score (nSPS) is 20.2. The van der Waals surface area contributed by atoms with Gasteiger partial charge in [0, 0.05) is 50.7 Å². The standard InChI is InChI=1S/C31H40N6O3/c1-21(2)40-27-19-36(20-27)30(38)16-23-6-4-3-5-22-15-24(7-8-28(22)23)29-9-12-32-31(35-29)34-25-17-33-37(18-25)26-10-13-39-14-11-26/h7-9,12,15,17-18,21,23,26-27H,3-6,10-11,13-14,16,19-20H2,1-2H3,(H,32,34,35). The molecule has 1 unspecified atom stereocenters. The van der Waals surface area contributed by atoms with Crippen LogP contribution in [-0.2, 0) is 20.7 Å². The summed E-state index contributed by atoms with van der Waals surface area (Å²) in [5.41, 5.74) is 5.49. The van der Waals surface area contributed by atoms with Crippen molar-refractivity contribution in [2.24, 2.45) is 0 Å². The number of carbonyl (C=O) groups is 1. The van der Waals surface area contributed by atoms with E-state index in [0.717, 1.165) is 81.8 Å². The predicted molar refractivity (Wildman–Crippen MR) is 154 cm³/mol. The molecule has 9 heteroatoms. The molecule has 9 nitrogen and oxygen atoms in total. The molecule has 2 saturated heterocycles. The van der Waals surface area contributed by atoms with Gasteiger partial charge < -0.3 is 19.7 Å². The van der Waals surface area contributed by atoms with Gasteiger partial charge in [0.05, 0.1) is 35.8 Å². The van der Waals surface area contributed by atoms with Crippen molar-refractivity contribution in [1.29, 1.82) is 0 Å². The summed E-state index contributed by atoms with van der Waals surface area (Å²) in [6.45, 7) is 7.09. The lowest BCUT2D eigenvalue weighted by molar-refractivity contribution is -0.148. The van der Waals surface area contributed by atoms with E-state index in [1.54, 1.807) is 6.20 Å². The summed E-state index contributed by atoms with van der Waals surface area (Å²) < 4.78 is 13.3. The molecule has 4 heterocycles. The van der Waals surface area contributed by atoms with Crippen molar-refractivity contribution in [3.8, 4) is 11.3 Å². The summed E-state index contributed by atoms with van der Waals surface area (Å²) in [5, 5.41) is 7.87. The van der Waals surface area contributed by atoms with Crippen molar-refractivity contribution >= 4 is 17.5 Å². The minimum Gasteiger partial charge on any atom is -0.381 e. The molecule has 3 aliphatic rings. The number of likely N-dealkylation sites (tertiary alicyclic amines) is 1. The molecule has 2 aliphatic heterocycles. The van der Waals surface area contributed by atoms with Crippen molar-refractivity contribution in [3.05, 3.63) is 54.0 Å². The minimum atomic E-state index is 0.184. The van der Waals surface area contributed by atoms with E-state index in [1.165, 1.54) is 11.1 Å². The highest BCUT2D eigenvalue weighted by atomic mass is 16.5. The quantitative estimate of drug-likeness (QED) is 0.386. The predicted octanol–water partition coefficient (Wildman–Crippen LogP) is 5.27. The van der Waals surface area contributed by atoms with Crippen molar-refractivity contribution in [2.75, 3.05) is 31.6 Å². The molecule has 2 fully saturated rings. The average Bonchev–Trinajstić information content (AvgIpc) is 3.31. The number of fused-ring (bicyclic) bond motifs is 1. The highest BCUT2D eigenvalue weighted by Crippen LogP contribution is 2.36. The van der Waals surface area contributed by atoms with Gasteiger partial charge in [-0.2, -0.15) is 5.10 Å². The summed E-state index contributed by atoms with van der Waals surface area (Å²) in [7, 11) is 0. The molecule has 212 valence electrons. The average molecular weight is 545 g/mol. The second kappa shape index (κ2) is 12.1. The van der Waals surface area contributed by atoms with Gasteiger partial charge in [-0.25, -0.2) is 9.97 Å². The van der Waals surface area contributed by atoms with Gasteiger partial charge in [-0.05, 0) is 75.1 Å². The number of hydrogen-bond donors (Lipinski definition) is 1. The van der Waals surface area contributed by atoms with E-state index < -0.39 is 0 Å². The monoisotopic (exact) mass is 544 g/mol. The SMILES string of the molecule is CC(C)OC1CN(C(=O)CC2CCCCc3cc(-c4ccnc(Nc5cnn(C6CCOCC6)c5)n4)ccc32)C1. The number of aryl methyl sites for hydroxylation is 1. The largest absolute Gasteiger partial charge is 0.381 e. The van der Waals surface area contributed by atoms with Crippen molar-refractivity contribution in [1.82, 2.24) is 24.6 Å². The van der Waals surface area contributed by atoms with Crippen LogP contribution in [0.25, 0.3) is 11.3 Å². The molecule has 0 radical (unpaired) electrons. The number of rotatable bonds is 8. The van der Waals surface area contributed by atoms with Crippen LogP contribution in [0.3, 0.4) is 0 Å². The van der Waals surface area contributed by atoms with Crippen LogP contribution >= 0.6 is 0 Å². The first kappa shape index (κ1) is 26.9. The Balaban J connectivity index is 1.13. The first-order valence-electron chi connectivity index (χ1n) is 14.8. The van der Waals surface area contributed by atoms with Crippen LogP contribution in [0.2, 0.25) is 0 Å². The van der Waals surface area contributed by atoms with E-state index in [4.69, 9.17) is 14.5 Å². The fourth-order valence-electron chi connectivity index (χ4n) is 6.17. The third-order valence-electron chi connectivity index (χ3n) is 8.29. The molecule has 1 aromatic carbocycles. The maximum absolute atomic E-state index is 13.0. The van der Waals surface area contributed by atoms with E-state index in [9.17, 15) is 4.79 Å². The lowest BCUT2D eigenvalue weighted by atomic mass is 9.88. The van der Waals surface area contributed by atoms with Crippen molar-refractivity contribution in [3.63, 3.8) is 0 Å². The van der Waals surface area contributed by atoms with Crippen LogP contribution < -0.4 is 5.32 Å². The minimum absolute atomic E-state index is 0.184. The first-order valence-corrected chi connectivity index (χ1v) is 14.8. The number of nitrogens with one attached hydrogen (secondary N) is 1. The lowest BCUT2D eigenvalue weighted by Crippen LogP contribution is -2.55. The first-order chi connectivity index (χ1) is 19.5. The van der Waals surface area contributed by atoms with Gasteiger partial charge in [0.15, 0.2) is 0 Å². The Labute approximate surface area is 236 Å². The van der Waals surface area contributed by atoms with Gasteiger partial charge in [-0.1, -0.05) is 18.6 Å². The van der Waals surface area contributed by atoms with Crippen LogP contribution in [0.4, 0.5) is 11.6 Å². The van der Waals surface area contributed by atoms with Gasteiger partial charge in [0.25, 0.3) is 0 Å². The lowest BCUT2D eigenvalue weighted by Gasteiger charge is -2.40. The molecular weight excluding hydrogens is 504 g/mol. The molecule has 40 heavy (non-hydrogen) atoms. The van der Waals surface area contributed by atoms with Gasteiger partial charge in [0.1, 0.15) is 0 Å². The molecule has 6 rings (SSSR count). The number of aromatic nitrogens is 4. The number of hydrogen-bond acceptors (Lipinski definition) is 7. The summed E-state index contributed by atoms with van der Waals surface area (Å²) in [4.78, 5) is 24.3. The summed E-state index contributed by atoms with van der Waals surface area (Å²) in [6.07, 6.45) is 12.9. The smallest absolute Gasteiger partial charge is 0.227 e. The molecular formula is C31H40N6O3. The fraction of sp³-hybridized carbons (Fsp3) is 0.548. The maximum atomic E-state index is 13.0. The van der Waals surface area contributed by atoms with Crippen LogP contribution in [0.15, 0.2) is 42.9 Å². The number of nitrogens with zero attached hydrogens (tertiary/aromatic N) is 5. The van der Waals surface area contributed by atoms with E-state index in [0.29, 0.717) is 18.4 Å². The molecule has 0 spiro atoms. The van der Waals surface area contributed by atoms with Gasteiger partial charge in [0.2, 0.25) is 11.9 Å². The highest BCUT2D eigenvalue weighted by molar-refractivity contribution is 5.78. The molecule has 1 N–H and O–H groups in total. The summed E-state index contributed by atoms with van der Waals surface area (Å²) in [6, 6.07) is 8.96. The Morgan fingerprint density at radius 3 is 2.83 bits per heavy atom. The molecule has 1 amide bonds. The Bertz CT molecular complexity index is 1310. The third kappa shape index (κ3) is 6.20. The molecule has 2 aromatic heterocycles. The maximum Gasteiger partial charge on any atom is 0.227 e. The highest BCUT2D eigenvalue weighted by Gasteiger charge is 2.33.